The molecule has 4 nitrogen and oxygen atoms in total. The highest BCUT2D eigenvalue weighted by Gasteiger charge is 2.05. The maximum Gasteiger partial charge on any atom is 0.373 e. The molecule has 0 spiro atoms. The van der Waals surface area contributed by atoms with Gasteiger partial charge in [-0.1, -0.05) is 26.7 Å². The van der Waals surface area contributed by atoms with Gasteiger partial charge >= 0.3 is 12.1 Å². The molecule has 1 unspecified atom stereocenters. The molecule has 0 aromatic rings. The van der Waals surface area contributed by atoms with Crippen LogP contribution in [0.1, 0.15) is 46.5 Å². The number of esters is 1. The monoisotopic (exact) mass is 216 g/mol. The Morgan fingerprint density at radius 3 is 2.20 bits per heavy atom. The van der Waals surface area contributed by atoms with Gasteiger partial charge in [0.1, 0.15) is 0 Å². The molecule has 0 aromatic heterocycles. The Labute approximate surface area is 91.0 Å². The molecule has 0 radical (unpaired) electrons. The molecule has 4 heteroatoms. The van der Waals surface area contributed by atoms with Crippen LogP contribution in [-0.2, 0) is 19.1 Å². The lowest BCUT2D eigenvalue weighted by Crippen LogP contribution is -2.06. The number of rotatable bonds is 6. The van der Waals surface area contributed by atoms with E-state index in [0.717, 1.165) is 6.42 Å². The third-order valence-electron chi connectivity index (χ3n) is 1.93. The van der Waals surface area contributed by atoms with Gasteiger partial charge in [0.05, 0.1) is 6.61 Å². The van der Waals surface area contributed by atoms with E-state index in [2.05, 4.69) is 13.8 Å². The summed E-state index contributed by atoms with van der Waals surface area (Å²) in [6.45, 7) is 6.69. The van der Waals surface area contributed by atoms with Gasteiger partial charge in [-0.15, -0.1) is 0 Å². The van der Waals surface area contributed by atoms with Gasteiger partial charge in [-0.25, -0.2) is 0 Å². The normalized spacial score (nSPS) is 10.6. The predicted molar refractivity (Wildman–Crippen MR) is 54.9 cm³/mol. The minimum absolute atomic E-state index is 0.0551. The van der Waals surface area contributed by atoms with Crippen molar-refractivity contribution < 1.29 is 19.1 Å². The highest BCUT2D eigenvalue weighted by molar-refractivity contribution is 5.69. The largest absolute Gasteiger partial charge is 0.466 e. The van der Waals surface area contributed by atoms with Gasteiger partial charge in [-0.2, -0.15) is 9.59 Å². The van der Waals surface area contributed by atoms with Crippen LogP contribution < -0.4 is 0 Å². The lowest BCUT2D eigenvalue weighted by atomic mass is 10.0. The molecule has 15 heavy (non-hydrogen) atoms. The molecule has 0 bridgehead atoms. The van der Waals surface area contributed by atoms with Crippen molar-refractivity contribution in [2.45, 2.75) is 46.5 Å². The Hall–Kier alpha value is -1.15. The Morgan fingerprint density at radius 1 is 1.27 bits per heavy atom. The molecule has 1 atom stereocenters. The molecular weight excluding hydrogens is 196 g/mol. The highest BCUT2D eigenvalue weighted by Crippen LogP contribution is 2.12. The standard InChI is InChI=1S/C10H20O2.CO2/c1-4-6-9(3)7-8-10(11)12-5-2;2-1-3/h9H,4-8H2,1-3H3;. The third-order valence-corrected chi connectivity index (χ3v) is 1.93. The zero-order valence-corrected chi connectivity index (χ0v) is 9.75. The maximum absolute atomic E-state index is 10.9. The molecule has 0 heterocycles. The van der Waals surface area contributed by atoms with E-state index in [9.17, 15) is 4.79 Å². The second-order valence-corrected chi connectivity index (χ2v) is 3.32. The molecule has 0 amide bonds. The van der Waals surface area contributed by atoms with Crippen LogP contribution in [0.15, 0.2) is 0 Å². The summed E-state index contributed by atoms with van der Waals surface area (Å²) in [5.41, 5.74) is 0. The lowest BCUT2D eigenvalue weighted by molar-refractivity contribution is -0.191. The average molecular weight is 216 g/mol. The number of hydrogen-bond donors (Lipinski definition) is 0. The predicted octanol–water partition coefficient (Wildman–Crippen LogP) is 2.18. The highest BCUT2D eigenvalue weighted by atomic mass is 16.5. The van der Waals surface area contributed by atoms with Crippen LogP contribution in [0.2, 0.25) is 0 Å². The Balaban J connectivity index is 0. The summed E-state index contributed by atoms with van der Waals surface area (Å²) >= 11 is 0. The van der Waals surface area contributed by atoms with Gasteiger partial charge in [0.2, 0.25) is 0 Å². The molecule has 0 N–H and O–H groups in total. The fourth-order valence-electron chi connectivity index (χ4n) is 1.23. The Bertz CT molecular complexity index is 183. The second kappa shape index (κ2) is 12.8. The topological polar surface area (TPSA) is 60.4 Å². The van der Waals surface area contributed by atoms with Crippen molar-refractivity contribution in [2.75, 3.05) is 6.61 Å². The average Bonchev–Trinajstić information content (AvgIpc) is 2.17. The van der Waals surface area contributed by atoms with E-state index >= 15 is 0 Å². The number of carbonyl (C=O) groups excluding carboxylic acids is 3. The van der Waals surface area contributed by atoms with Gasteiger partial charge in [-0.3, -0.25) is 4.79 Å². The van der Waals surface area contributed by atoms with Crippen LogP contribution in [-0.4, -0.2) is 18.7 Å². The van der Waals surface area contributed by atoms with Crippen molar-refractivity contribution in [3.05, 3.63) is 0 Å². The minimum Gasteiger partial charge on any atom is -0.466 e. The fraction of sp³-hybridized carbons (Fsp3) is 0.818. The van der Waals surface area contributed by atoms with Crippen LogP contribution in [0.3, 0.4) is 0 Å². The number of hydrogen-bond acceptors (Lipinski definition) is 4. The Morgan fingerprint density at radius 2 is 1.80 bits per heavy atom. The zero-order valence-electron chi connectivity index (χ0n) is 9.75. The van der Waals surface area contributed by atoms with Crippen molar-refractivity contribution in [3.8, 4) is 0 Å². The fourth-order valence-corrected chi connectivity index (χ4v) is 1.23. The molecule has 0 aliphatic carbocycles. The van der Waals surface area contributed by atoms with Crippen LogP contribution in [0.4, 0.5) is 0 Å². The molecule has 0 saturated carbocycles. The van der Waals surface area contributed by atoms with Crippen LogP contribution in [0, 0.1) is 5.92 Å². The van der Waals surface area contributed by atoms with E-state index in [1.54, 1.807) is 0 Å². The maximum atomic E-state index is 10.9. The first kappa shape index (κ1) is 16.3. The summed E-state index contributed by atoms with van der Waals surface area (Å²) in [5, 5.41) is 0. The van der Waals surface area contributed by atoms with Crippen molar-refractivity contribution in [3.63, 3.8) is 0 Å². The molecule has 88 valence electrons. The quantitative estimate of drug-likeness (QED) is 0.638. The van der Waals surface area contributed by atoms with E-state index in [4.69, 9.17) is 14.3 Å². The molecule has 0 aliphatic heterocycles. The molecule has 0 saturated heterocycles. The van der Waals surface area contributed by atoms with E-state index in [1.165, 1.54) is 12.8 Å². The number of ether oxygens (including phenoxy) is 1. The van der Waals surface area contributed by atoms with Gasteiger partial charge < -0.3 is 4.74 Å². The smallest absolute Gasteiger partial charge is 0.373 e. The first-order valence-electron chi connectivity index (χ1n) is 5.27. The summed E-state index contributed by atoms with van der Waals surface area (Å²) in [5.74, 6) is 0.597. The van der Waals surface area contributed by atoms with Crippen LogP contribution in [0.25, 0.3) is 0 Å². The van der Waals surface area contributed by atoms with E-state index in [-0.39, 0.29) is 12.1 Å². The van der Waals surface area contributed by atoms with Gasteiger partial charge in [0.25, 0.3) is 0 Å². The Kier molecular flexibility index (Phi) is 14.0. The van der Waals surface area contributed by atoms with Gasteiger partial charge in [-0.05, 0) is 19.3 Å². The molecule has 0 aliphatic rings. The molecule has 0 rings (SSSR count). The second-order valence-electron chi connectivity index (χ2n) is 3.32. The van der Waals surface area contributed by atoms with Crippen molar-refractivity contribution in [2.24, 2.45) is 5.92 Å². The summed E-state index contributed by atoms with van der Waals surface area (Å²) in [4.78, 5) is 27.2. The third kappa shape index (κ3) is 15.6. The van der Waals surface area contributed by atoms with E-state index in [1.807, 2.05) is 6.92 Å². The first-order valence-corrected chi connectivity index (χ1v) is 5.27. The van der Waals surface area contributed by atoms with Gasteiger partial charge in [0.15, 0.2) is 0 Å². The molecular formula is C11H20O4. The van der Waals surface area contributed by atoms with Crippen molar-refractivity contribution in [1.29, 1.82) is 0 Å². The van der Waals surface area contributed by atoms with Crippen molar-refractivity contribution >= 4 is 12.1 Å². The molecule has 0 fully saturated rings. The SMILES string of the molecule is CCCC(C)CCC(=O)OCC.O=C=O. The number of carbonyl (C=O) groups is 1. The minimum atomic E-state index is -0.0551. The van der Waals surface area contributed by atoms with E-state index < -0.39 is 0 Å². The van der Waals surface area contributed by atoms with Crippen LogP contribution in [0.5, 0.6) is 0 Å². The lowest BCUT2D eigenvalue weighted by Gasteiger charge is -2.08. The van der Waals surface area contributed by atoms with Crippen LogP contribution >= 0.6 is 0 Å². The van der Waals surface area contributed by atoms with E-state index in [0.29, 0.717) is 18.9 Å². The van der Waals surface area contributed by atoms with Gasteiger partial charge in [0, 0.05) is 6.42 Å². The summed E-state index contributed by atoms with van der Waals surface area (Å²) in [7, 11) is 0. The first-order chi connectivity index (χ1) is 7.12. The molecule has 0 aromatic carbocycles. The zero-order chi connectivity index (χ0) is 12.1. The van der Waals surface area contributed by atoms with Crippen molar-refractivity contribution in [1.82, 2.24) is 0 Å². The summed E-state index contributed by atoms with van der Waals surface area (Å²) in [6.07, 6.45) is 4.20. The summed E-state index contributed by atoms with van der Waals surface area (Å²) < 4.78 is 4.83. The summed E-state index contributed by atoms with van der Waals surface area (Å²) in [6, 6.07) is 0.